The number of hydrogen-bond donors (Lipinski definition) is 0. The Morgan fingerprint density at radius 3 is 2.46 bits per heavy atom. The zero-order chi connectivity index (χ0) is 9.90. The van der Waals surface area contributed by atoms with Gasteiger partial charge in [-0.1, -0.05) is 18.3 Å². The first-order valence-corrected chi connectivity index (χ1v) is 5.12. The van der Waals surface area contributed by atoms with Crippen molar-refractivity contribution in [3.05, 3.63) is 12.0 Å². The Bertz CT molecular complexity index is 206. The van der Waals surface area contributed by atoms with Gasteiger partial charge in [-0.25, -0.2) is 8.78 Å². The summed E-state index contributed by atoms with van der Waals surface area (Å²) >= 11 is 1.02. The third-order valence-corrected chi connectivity index (χ3v) is 2.98. The normalized spacial score (nSPS) is 22.6. The molecule has 0 atom stereocenters. The summed E-state index contributed by atoms with van der Waals surface area (Å²) in [6.07, 6.45) is 0.321. The van der Waals surface area contributed by atoms with Gasteiger partial charge in [-0.3, -0.25) is 4.79 Å². The third-order valence-electron chi connectivity index (χ3n) is 2.25. The number of rotatable bonds is 2. The van der Waals surface area contributed by atoms with E-state index in [0.29, 0.717) is 12.8 Å². The standard InChI is InChI=1S/C9H12F2OS/c1-2-13-8(12)7-3-5-9(10,11)6-4-7/h2,7H,1,3-6H2. The molecule has 1 nitrogen and oxygen atoms in total. The topological polar surface area (TPSA) is 17.1 Å². The second-order valence-electron chi connectivity index (χ2n) is 3.23. The van der Waals surface area contributed by atoms with Gasteiger partial charge in [0.1, 0.15) is 0 Å². The van der Waals surface area contributed by atoms with Crippen LogP contribution in [0.4, 0.5) is 8.78 Å². The molecule has 0 amide bonds. The molecule has 0 unspecified atom stereocenters. The van der Waals surface area contributed by atoms with E-state index < -0.39 is 5.92 Å². The first-order valence-electron chi connectivity index (χ1n) is 4.24. The van der Waals surface area contributed by atoms with Crippen LogP contribution in [0.15, 0.2) is 12.0 Å². The highest BCUT2D eigenvalue weighted by molar-refractivity contribution is 8.16. The maximum absolute atomic E-state index is 12.7. The molecule has 0 N–H and O–H groups in total. The minimum absolute atomic E-state index is 0.0227. The lowest BCUT2D eigenvalue weighted by Gasteiger charge is -2.26. The lowest BCUT2D eigenvalue weighted by molar-refractivity contribution is -0.118. The van der Waals surface area contributed by atoms with Crippen LogP contribution in [0.25, 0.3) is 0 Å². The maximum atomic E-state index is 12.7. The van der Waals surface area contributed by atoms with Crippen molar-refractivity contribution in [2.45, 2.75) is 31.6 Å². The quantitative estimate of drug-likeness (QED) is 0.690. The average Bonchev–Trinajstić information content (AvgIpc) is 2.04. The van der Waals surface area contributed by atoms with Crippen molar-refractivity contribution in [3.63, 3.8) is 0 Å². The molecule has 1 aliphatic rings. The number of alkyl halides is 2. The van der Waals surface area contributed by atoms with Gasteiger partial charge in [0.15, 0.2) is 5.12 Å². The minimum Gasteiger partial charge on any atom is -0.287 e. The highest BCUT2D eigenvalue weighted by atomic mass is 32.2. The summed E-state index contributed by atoms with van der Waals surface area (Å²) in [5.74, 6) is -2.74. The van der Waals surface area contributed by atoms with Crippen molar-refractivity contribution in [1.29, 1.82) is 0 Å². The number of halogens is 2. The summed E-state index contributed by atoms with van der Waals surface area (Å²) in [5, 5.41) is 1.43. The largest absolute Gasteiger partial charge is 0.287 e. The summed E-state index contributed by atoms with van der Waals surface area (Å²) in [7, 11) is 0. The number of carbonyl (C=O) groups is 1. The zero-order valence-electron chi connectivity index (χ0n) is 7.26. The first kappa shape index (κ1) is 10.7. The molecule has 1 fully saturated rings. The fourth-order valence-corrected chi connectivity index (χ4v) is 2.05. The van der Waals surface area contributed by atoms with E-state index in [1.54, 1.807) is 0 Å². The molecule has 0 aromatic heterocycles. The van der Waals surface area contributed by atoms with Crippen LogP contribution in [0.2, 0.25) is 0 Å². The second kappa shape index (κ2) is 4.22. The lowest BCUT2D eigenvalue weighted by Crippen LogP contribution is -2.27. The highest BCUT2D eigenvalue weighted by Gasteiger charge is 2.37. The molecular weight excluding hydrogens is 194 g/mol. The molecule has 0 aromatic rings. The first-order chi connectivity index (χ1) is 6.05. The van der Waals surface area contributed by atoms with Crippen LogP contribution in [0.3, 0.4) is 0 Å². The predicted octanol–water partition coefficient (Wildman–Crippen LogP) is 3.22. The summed E-state index contributed by atoms with van der Waals surface area (Å²) < 4.78 is 25.4. The van der Waals surface area contributed by atoms with Gasteiger partial charge in [0, 0.05) is 18.8 Å². The fraction of sp³-hybridized carbons (Fsp3) is 0.667. The maximum Gasteiger partial charge on any atom is 0.248 e. The SMILES string of the molecule is C=CSC(=O)C1CCC(F)(F)CC1. The third kappa shape index (κ3) is 3.10. The van der Waals surface area contributed by atoms with Crippen LogP contribution in [-0.4, -0.2) is 11.0 Å². The van der Waals surface area contributed by atoms with E-state index in [4.69, 9.17) is 0 Å². The van der Waals surface area contributed by atoms with E-state index in [9.17, 15) is 13.6 Å². The molecule has 0 heterocycles. The summed E-state index contributed by atoms with van der Waals surface area (Å²) in [6, 6.07) is 0. The molecule has 0 radical (unpaired) electrons. The zero-order valence-corrected chi connectivity index (χ0v) is 8.08. The lowest BCUT2D eigenvalue weighted by atomic mass is 9.88. The molecule has 1 saturated carbocycles. The molecule has 0 spiro atoms. The van der Waals surface area contributed by atoms with Gasteiger partial charge in [0.25, 0.3) is 0 Å². The van der Waals surface area contributed by atoms with Crippen molar-refractivity contribution in [1.82, 2.24) is 0 Å². The number of thioether (sulfide) groups is 1. The summed E-state index contributed by atoms with van der Waals surface area (Å²) in [5.41, 5.74) is 0. The van der Waals surface area contributed by atoms with Gasteiger partial charge in [0.2, 0.25) is 5.92 Å². The van der Waals surface area contributed by atoms with Gasteiger partial charge in [-0.2, -0.15) is 0 Å². The monoisotopic (exact) mass is 206 g/mol. The number of carbonyl (C=O) groups excluding carboxylic acids is 1. The Labute approximate surface area is 80.6 Å². The molecule has 0 aliphatic heterocycles. The van der Waals surface area contributed by atoms with E-state index in [1.165, 1.54) is 5.41 Å². The van der Waals surface area contributed by atoms with Crippen LogP contribution in [0, 0.1) is 5.92 Å². The van der Waals surface area contributed by atoms with Crippen molar-refractivity contribution in [2.75, 3.05) is 0 Å². The van der Waals surface area contributed by atoms with Gasteiger partial charge >= 0.3 is 0 Å². The Morgan fingerprint density at radius 2 is 2.00 bits per heavy atom. The van der Waals surface area contributed by atoms with E-state index >= 15 is 0 Å². The molecule has 1 aliphatic carbocycles. The fourth-order valence-electron chi connectivity index (χ4n) is 1.45. The Kier molecular flexibility index (Phi) is 3.47. The van der Waals surface area contributed by atoms with Crippen molar-refractivity contribution in [2.24, 2.45) is 5.92 Å². The summed E-state index contributed by atoms with van der Waals surface area (Å²) in [4.78, 5) is 11.3. The Hall–Kier alpha value is -0.380. The summed E-state index contributed by atoms with van der Waals surface area (Å²) in [6.45, 7) is 3.42. The smallest absolute Gasteiger partial charge is 0.248 e. The van der Waals surface area contributed by atoms with Gasteiger partial charge in [-0.05, 0) is 18.2 Å². The molecule has 74 valence electrons. The molecule has 13 heavy (non-hydrogen) atoms. The van der Waals surface area contributed by atoms with Gasteiger partial charge in [-0.15, -0.1) is 0 Å². The van der Waals surface area contributed by atoms with Crippen LogP contribution in [-0.2, 0) is 4.79 Å². The van der Waals surface area contributed by atoms with Crippen molar-refractivity contribution < 1.29 is 13.6 Å². The van der Waals surface area contributed by atoms with Crippen LogP contribution in [0.5, 0.6) is 0 Å². The van der Waals surface area contributed by atoms with Crippen LogP contribution < -0.4 is 0 Å². The van der Waals surface area contributed by atoms with Crippen molar-refractivity contribution in [3.8, 4) is 0 Å². The Morgan fingerprint density at radius 1 is 1.46 bits per heavy atom. The van der Waals surface area contributed by atoms with Crippen LogP contribution in [0.1, 0.15) is 25.7 Å². The van der Waals surface area contributed by atoms with Gasteiger partial charge < -0.3 is 0 Å². The van der Waals surface area contributed by atoms with Gasteiger partial charge in [0.05, 0.1) is 0 Å². The molecule has 1 rings (SSSR count). The van der Waals surface area contributed by atoms with E-state index in [-0.39, 0.29) is 23.9 Å². The van der Waals surface area contributed by atoms with E-state index in [1.807, 2.05) is 0 Å². The minimum atomic E-state index is -2.55. The van der Waals surface area contributed by atoms with Crippen molar-refractivity contribution >= 4 is 16.9 Å². The number of hydrogen-bond acceptors (Lipinski definition) is 2. The van der Waals surface area contributed by atoms with Crippen LogP contribution >= 0.6 is 11.8 Å². The molecule has 0 saturated heterocycles. The van der Waals surface area contributed by atoms with E-state index in [0.717, 1.165) is 11.8 Å². The average molecular weight is 206 g/mol. The predicted molar refractivity (Wildman–Crippen MR) is 49.7 cm³/mol. The second-order valence-corrected chi connectivity index (χ2v) is 4.21. The molecular formula is C9H12F2OS. The van der Waals surface area contributed by atoms with E-state index in [2.05, 4.69) is 6.58 Å². The molecule has 0 bridgehead atoms. The highest BCUT2D eigenvalue weighted by Crippen LogP contribution is 2.37. The molecule has 4 heteroatoms. The molecule has 0 aromatic carbocycles. The Balaban J connectivity index is 2.40.